The second-order valence-corrected chi connectivity index (χ2v) is 15.2. The summed E-state index contributed by atoms with van der Waals surface area (Å²) in [7, 11) is 0. The fourth-order valence-electron chi connectivity index (χ4n) is 6.72. The number of rotatable bonds is 39. The van der Waals surface area contributed by atoms with Crippen molar-refractivity contribution in [2.75, 3.05) is 26.2 Å². The van der Waals surface area contributed by atoms with Gasteiger partial charge in [-0.1, -0.05) is 167 Å². The van der Waals surface area contributed by atoms with Crippen LogP contribution in [0.1, 0.15) is 213 Å². The van der Waals surface area contributed by atoms with Gasteiger partial charge in [0.25, 0.3) is 5.91 Å². The number of hydrogen-bond donors (Lipinski definition) is 5. The topological polar surface area (TPSA) is 143 Å². The largest absolute Gasteiger partial charge is 0.350 e. The average Bonchev–Trinajstić information content (AvgIpc) is 3.12. The summed E-state index contributed by atoms with van der Waals surface area (Å²) in [5.74, 6) is 0.255. The van der Waals surface area contributed by atoms with E-state index in [1.54, 1.807) is 0 Å². The molecule has 0 aliphatic rings. The summed E-state index contributed by atoms with van der Waals surface area (Å²) >= 11 is 0. The maximum atomic E-state index is 13.2. The lowest BCUT2D eigenvalue weighted by molar-refractivity contribution is -0.463. The molecule has 51 heavy (non-hydrogen) atoms. The summed E-state index contributed by atoms with van der Waals surface area (Å²) in [5.41, 5.74) is 14.8. The minimum atomic E-state index is -0.353. The van der Waals surface area contributed by atoms with E-state index < -0.39 is 0 Å². The Balaban J connectivity index is 4.30. The van der Waals surface area contributed by atoms with Crippen LogP contribution in [0, 0.1) is 0 Å². The first-order valence-corrected chi connectivity index (χ1v) is 22.1. The third-order valence-corrected chi connectivity index (χ3v) is 10.1. The molecule has 1 unspecified atom stereocenters. The van der Waals surface area contributed by atoms with Crippen LogP contribution < -0.4 is 27.5 Å². The average molecular weight is 721 g/mol. The summed E-state index contributed by atoms with van der Waals surface area (Å²) < 4.78 is 0. The van der Waals surface area contributed by atoms with Gasteiger partial charge in [-0.3, -0.25) is 26.0 Å². The molecule has 0 saturated carbocycles. The molecular formula is C43H88N6O2+2. The summed E-state index contributed by atoms with van der Waals surface area (Å²) in [6, 6.07) is -0.353. The van der Waals surface area contributed by atoms with E-state index in [0.29, 0.717) is 25.9 Å². The molecule has 9 N–H and O–H groups in total. The van der Waals surface area contributed by atoms with E-state index in [1.807, 2.05) is 0 Å². The highest BCUT2D eigenvalue weighted by Gasteiger charge is 2.18. The van der Waals surface area contributed by atoms with Crippen molar-refractivity contribution in [2.45, 2.75) is 219 Å². The van der Waals surface area contributed by atoms with Crippen LogP contribution in [-0.2, 0) is 9.59 Å². The van der Waals surface area contributed by atoms with Gasteiger partial charge in [0.05, 0.1) is 6.54 Å². The molecule has 0 aliphatic heterocycles. The fraction of sp³-hybridized carbons (Fsp3) is 0.884. The number of amides is 2. The Labute approximate surface area is 316 Å². The number of carbonyl (C=O) groups excluding carboxylic acids is 2. The molecule has 0 aromatic heterocycles. The van der Waals surface area contributed by atoms with Crippen LogP contribution in [0.4, 0.5) is 0 Å². The van der Waals surface area contributed by atoms with Crippen molar-refractivity contribution in [1.29, 1.82) is 0 Å². The lowest BCUT2D eigenvalue weighted by Crippen LogP contribution is -2.78. The molecule has 0 bridgehead atoms. The number of nitrogens with zero attached hydrogens (tertiary/aromatic N) is 1. The molecule has 0 radical (unpaired) electrons. The van der Waals surface area contributed by atoms with Crippen molar-refractivity contribution in [3.63, 3.8) is 0 Å². The van der Waals surface area contributed by atoms with Crippen molar-refractivity contribution in [1.82, 2.24) is 10.2 Å². The van der Waals surface area contributed by atoms with Gasteiger partial charge < -0.3 is 16.0 Å². The first kappa shape index (κ1) is 48.9. The van der Waals surface area contributed by atoms with Crippen LogP contribution >= 0.6 is 0 Å². The Morgan fingerprint density at radius 3 is 1.41 bits per heavy atom. The summed E-state index contributed by atoms with van der Waals surface area (Å²) in [6.45, 7) is 7.21. The molecular weight excluding hydrogens is 633 g/mol. The first-order valence-electron chi connectivity index (χ1n) is 22.1. The van der Waals surface area contributed by atoms with Gasteiger partial charge in [0.15, 0.2) is 6.04 Å². The molecule has 0 rings (SSSR count). The number of nitrogens with one attached hydrogen (secondary N) is 2. The van der Waals surface area contributed by atoms with E-state index in [-0.39, 0.29) is 23.8 Å². The monoisotopic (exact) mass is 721 g/mol. The van der Waals surface area contributed by atoms with Gasteiger partial charge in [0, 0.05) is 32.5 Å². The molecule has 0 aliphatic carbocycles. The van der Waals surface area contributed by atoms with Crippen LogP contribution in [0.2, 0.25) is 0 Å². The Hall–Kier alpha value is -2.09. The Bertz CT molecular complexity index is 829. The number of hydrogen-bond acceptors (Lipinski definition) is 2. The van der Waals surface area contributed by atoms with Crippen LogP contribution in [0.15, 0.2) is 12.2 Å². The zero-order valence-corrected chi connectivity index (χ0v) is 34.1. The summed E-state index contributed by atoms with van der Waals surface area (Å²) in [5, 5.41) is 2.93. The Morgan fingerprint density at radius 2 is 1.00 bits per heavy atom. The predicted molar refractivity (Wildman–Crippen MR) is 219 cm³/mol. The maximum Gasteiger partial charge on any atom is 0.338 e. The fourth-order valence-corrected chi connectivity index (χ4v) is 6.72. The first-order chi connectivity index (χ1) is 24.9. The lowest BCUT2D eigenvalue weighted by atomic mass is 10.0. The molecule has 0 aromatic carbocycles. The van der Waals surface area contributed by atoms with E-state index in [4.69, 9.17) is 11.5 Å². The summed E-state index contributed by atoms with van der Waals surface area (Å²) in [4.78, 5) is 30.7. The molecule has 0 heterocycles. The maximum absolute atomic E-state index is 13.2. The van der Waals surface area contributed by atoms with Crippen molar-refractivity contribution in [2.24, 2.45) is 11.5 Å². The number of unbranched alkanes of at least 4 members (excludes halogenated alkanes) is 25. The molecule has 0 aromatic rings. The Kier molecular flexibility index (Phi) is 37.5. The molecule has 0 spiro atoms. The molecule has 0 saturated heterocycles. The normalized spacial score (nSPS) is 12.0. The smallest absolute Gasteiger partial charge is 0.338 e. The van der Waals surface area contributed by atoms with E-state index in [2.05, 4.69) is 46.9 Å². The van der Waals surface area contributed by atoms with Gasteiger partial charge in [-0.15, -0.1) is 0 Å². The van der Waals surface area contributed by atoms with Crippen molar-refractivity contribution in [3.05, 3.63) is 12.2 Å². The second kappa shape index (κ2) is 39.1. The third-order valence-electron chi connectivity index (χ3n) is 10.1. The van der Waals surface area contributed by atoms with Crippen molar-refractivity contribution < 1.29 is 20.3 Å². The second-order valence-electron chi connectivity index (χ2n) is 15.2. The molecule has 2 amide bonds. The number of carbonyl (C=O) groups is 2. The highest BCUT2D eigenvalue weighted by Crippen LogP contribution is 2.14. The molecule has 300 valence electrons. The standard InChI is InChI=1S/C43H86N6O2/c1-3-5-7-9-11-13-15-17-19-20-22-24-26-28-30-32-39-49(38-31-29-27-25-23-21-18-16-14-12-10-8-6-4-2)41(50)35-37-47-42(51)40(44)34-33-36-48-43(45)46/h17,19,40H,3-16,18,20-39,44H2,1-2H3,(H,47,51)(H4,45,46,48)/p+2/b19-17-. The minimum Gasteiger partial charge on any atom is -0.350 e. The number of quaternary nitrogens is 1. The zero-order valence-electron chi connectivity index (χ0n) is 34.1. The molecule has 1 atom stereocenters. The molecule has 0 fully saturated rings. The number of allylic oxidation sites excluding steroid dienone is 2. The summed E-state index contributed by atoms with van der Waals surface area (Å²) in [6.07, 6.45) is 43.3. The van der Waals surface area contributed by atoms with E-state index in [1.165, 1.54) is 167 Å². The third kappa shape index (κ3) is 36.1. The predicted octanol–water partition coefficient (Wildman–Crippen LogP) is 7.58. The highest BCUT2D eigenvalue weighted by atomic mass is 16.2. The van der Waals surface area contributed by atoms with E-state index in [0.717, 1.165) is 32.4 Å². The van der Waals surface area contributed by atoms with Gasteiger partial charge in [-0.25, -0.2) is 0 Å². The van der Waals surface area contributed by atoms with Crippen LogP contribution in [0.3, 0.4) is 0 Å². The van der Waals surface area contributed by atoms with Gasteiger partial charge >= 0.3 is 5.96 Å². The minimum absolute atomic E-state index is 0.0979. The van der Waals surface area contributed by atoms with E-state index in [9.17, 15) is 9.59 Å². The van der Waals surface area contributed by atoms with Crippen molar-refractivity contribution >= 4 is 17.8 Å². The zero-order chi connectivity index (χ0) is 37.5. The Morgan fingerprint density at radius 1 is 0.608 bits per heavy atom. The van der Waals surface area contributed by atoms with Gasteiger partial charge in [0.1, 0.15) is 0 Å². The van der Waals surface area contributed by atoms with Gasteiger partial charge in [0.2, 0.25) is 5.91 Å². The van der Waals surface area contributed by atoms with E-state index >= 15 is 0 Å². The van der Waals surface area contributed by atoms with Crippen LogP contribution in [0.25, 0.3) is 0 Å². The SMILES string of the molecule is CCCCCCCC/C=C\CCCCCCCCN(CCCCCCCCCCCCCCCC)C(=O)CCNC(=O)C([NH3+])CCC[NH+]=C(N)N. The van der Waals surface area contributed by atoms with Crippen LogP contribution in [-0.4, -0.2) is 54.9 Å². The lowest BCUT2D eigenvalue weighted by Gasteiger charge is -2.23. The van der Waals surface area contributed by atoms with Gasteiger partial charge in [-0.2, -0.15) is 0 Å². The van der Waals surface area contributed by atoms with Crippen LogP contribution in [0.5, 0.6) is 0 Å². The number of guanidine groups is 1. The van der Waals surface area contributed by atoms with Gasteiger partial charge in [-0.05, 0) is 44.9 Å². The van der Waals surface area contributed by atoms with Crippen molar-refractivity contribution in [3.8, 4) is 0 Å². The number of nitrogens with two attached hydrogens (primary N) is 2. The molecule has 8 nitrogen and oxygen atoms in total. The quantitative estimate of drug-likeness (QED) is 0.0193. The molecule has 8 heteroatoms. The highest BCUT2D eigenvalue weighted by molar-refractivity contribution is 5.81.